The molecule has 0 unspecified atom stereocenters. The van der Waals surface area contributed by atoms with E-state index in [1.54, 1.807) is 12.1 Å². The minimum Gasteiger partial charge on any atom is -0.379 e. The van der Waals surface area contributed by atoms with Crippen LogP contribution in [0.15, 0.2) is 41.3 Å². The number of nitrogens with one attached hydrogen (secondary N) is 1. The predicted molar refractivity (Wildman–Crippen MR) is 121 cm³/mol. The lowest BCUT2D eigenvalue weighted by molar-refractivity contribution is 0.0730. The Labute approximate surface area is 195 Å². The van der Waals surface area contributed by atoms with E-state index < -0.39 is 15.9 Å². The van der Waals surface area contributed by atoms with Crippen LogP contribution in [0.1, 0.15) is 15.9 Å². The zero-order chi connectivity index (χ0) is 22.4. The number of carbonyl (C=O) groups excluding carboxylic acids is 1. The van der Waals surface area contributed by atoms with E-state index in [-0.39, 0.29) is 34.4 Å². The minimum absolute atomic E-state index is 0.00696. The van der Waals surface area contributed by atoms with E-state index in [9.17, 15) is 17.6 Å². The smallest absolute Gasteiger partial charge is 0.252 e. The molecule has 0 aliphatic carbocycles. The van der Waals surface area contributed by atoms with E-state index in [4.69, 9.17) is 27.9 Å². The fourth-order valence-electron chi connectivity index (χ4n) is 2.95. The third kappa shape index (κ3) is 6.12. The average Bonchev–Trinajstić information content (AvgIpc) is 2.76. The number of hydrogen-bond acceptors (Lipinski definition) is 5. The molecule has 1 saturated heterocycles. The molecule has 0 aromatic heterocycles. The number of thioether (sulfide) groups is 1. The number of hydrogen-bond donors (Lipinski definition) is 1. The summed E-state index contributed by atoms with van der Waals surface area (Å²) in [4.78, 5) is 12.6. The Bertz CT molecular complexity index is 1030. The normalized spacial score (nSPS) is 15.1. The number of carbonyl (C=O) groups is 1. The van der Waals surface area contributed by atoms with Crippen LogP contribution in [0.5, 0.6) is 0 Å². The topological polar surface area (TPSA) is 75.7 Å². The molecule has 1 aliphatic heterocycles. The Morgan fingerprint density at radius 2 is 1.90 bits per heavy atom. The van der Waals surface area contributed by atoms with Gasteiger partial charge in [-0.15, -0.1) is 0 Å². The molecule has 1 heterocycles. The second kappa shape index (κ2) is 11.0. The van der Waals surface area contributed by atoms with Gasteiger partial charge in [-0.1, -0.05) is 29.3 Å². The van der Waals surface area contributed by atoms with Gasteiger partial charge in [-0.2, -0.15) is 16.1 Å². The van der Waals surface area contributed by atoms with Gasteiger partial charge in [0.05, 0.1) is 28.7 Å². The molecule has 0 radical (unpaired) electrons. The van der Waals surface area contributed by atoms with Crippen LogP contribution < -0.4 is 5.32 Å². The Morgan fingerprint density at radius 3 is 2.61 bits per heavy atom. The summed E-state index contributed by atoms with van der Waals surface area (Å²) in [5.74, 6) is 0.0394. The molecule has 0 saturated carbocycles. The summed E-state index contributed by atoms with van der Waals surface area (Å²) in [5.41, 5.74) is 0.503. The lowest BCUT2D eigenvalue weighted by Crippen LogP contribution is -2.40. The van der Waals surface area contributed by atoms with Crippen molar-refractivity contribution in [1.29, 1.82) is 0 Å². The van der Waals surface area contributed by atoms with Crippen molar-refractivity contribution < 1.29 is 22.3 Å². The van der Waals surface area contributed by atoms with Crippen LogP contribution in [0, 0.1) is 5.82 Å². The molecule has 0 spiro atoms. The highest BCUT2D eigenvalue weighted by atomic mass is 35.5. The van der Waals surface area contributed by atoms with Gasteiger partial charge >= 0.3 is 0 Å². The van der Waals surface area contributed by atoms with Crippen molar-refractivity contribution in [2.75, 3.05) is 38.6 Å². The highest BCUT2D eigenvalue weighted by molar-refractivity contribution is 7.98. The summed E-state index contributed by atoms with van der Waals surface area (Å²) >= 11 is 13.5. The number of benzene rings is 2. The second-order valence-electron chi connectivity index (χ2n) is 6.67. The standard InChI is InChI=1S/C20H21Cl2FN2O4S2/c21-17-2-1-3-19(23)16(17)13-30-11-6-24-20(26)15-12-14(4-5-18(15)22)31(27,28)25-7-9-29-10-8-25/h1-5,12H,6-11,13H2,(H,24,26). The Morgan fingerprint density at radius 1 is 1.16 bits per heavy atom. The number of rotatable bonds is 8. The number of nitrogens with zero attached hydrogens (tertiary/aromatic N) is 1. The number of halogens is 3. The number of sulfonamides is 1. The highest BCUT2D eigenvalue weighted by Gasteiger charge is 2.27. The van der Waals surface area contributed by atoms with E-state index in [2.05, 4.69) is 5.32 Å². The summed E-state index contributed by atoms with van der Waals surface area (Å²) in [7, 11) is -3.74. The maximum absolute atomic E-state index is 13.8. The number of morpholine rings is 1. The fraction of sp³-hybridized carbons (Fsp3) is 0.350. The Balaban J connectivity index is 1.58. The van der Waals surface area contributed by atoms with E-state index >= 15 is 0 Å². The first-order valence-corrected chi connectivity index (χ1v) is 12.8. The molecule has 2 aromatic carbocycles. The Hall–Kier alpha value is -1.36. The summed E-state index contributed by atoms with van der Waals surface area (Å²) in [5, 5.41) is 3.23. The molecular weight excluding hydrogens is 486 g/mol. The van der Waals surface area contributed by atoms with Crippen molar-refractivity contribution in [1.82, 2.24) is 9.62 Å². The summed E-state index contributed by atoms with van der Waals surface area (Å²) in [6, 6.07) is 8.60. The Kier molecular flexibility index (Phi) is 8.60. The fourth-order valence-corrected chi connectivity index (χ4v) is 5.79. The number of ether oxygens (including phenoxy) is 1. The quantitative estimate of drug-likeness (QED) is 0.550. The SMILES string of the molecule is O=C(NCCSCc1c(F)cccc1Cl)c1cc(S(=O)(=O)N2CCOCC2)ccc1Cl. The molecule has 6 nitrogen and oxygen atoms in total. The molecule has 11 heteroatoms. The van der Waals surface area contributed by atoms with Crippen LogP contribution in [0.25, 0.3) is 0 Å². The van der Waals surface area contributed by atoms with Crippen molar-refractivity contribution >= 4 is 50.9 Å². The monoisotopic (exact) mass is 506 g/mol. The summed E-state index contributed by atoms with van der Waals surface area (Å²) in [6.07, 6.45) is 0. The van der Waals surface area contributed by atoms with Crippen LogP contribution in [0.3, 0.4) is 0 Å². The second-order valence-corrected chi connectivity index (χ2v) is 10.5. The molecule has 168 valence electrons. The minimum atomic E-state index is -3.74. The van der Waals surface area contributed by atoms with Gasteiger partial charge in [-0.25, -0.2) is 12.8 Å². The van der Waals surface area contributed by atoms with Crippen LogP contribution >= 0.6 is 35.0 Å². The van der Waals surface area contributed by atoms with Gasteiger partial charge in [0, 0.05) is 41.7 Å². The third-order valence-corrected chi connectivity index (χ3v) is 8.19. The third-order valence-electron chi connectivity index (χ3n) is 4.63. The molecule has 31 heavy (non-hydrogen) atoms. The maximum Gasteiger partial charge on any atom is 0.252 e. The van der Waals surface area contributed by atoms with Gasteiger partial charge in [0.25, 0.3) is 5.91 Å². The molecule has 1 amide bonds. The average molecular weight is 507 g/mol. The van der Waals surface area contributed by atoms with E-state index in [1.165, 1.54) is 40.3 Å². The lowest BCUT2D eigenvalue weighted by atomic mass is 10.2. The van der Waals surface area contributed by atoms with Crippen molar-refractivity contribution in [3.05, 3.63) is 63.4 Å². The summed E-state index contributed by atoms with van der Waals surface area (Å²) in [6.45, 7) is 1.48. The first-order chi connectivity index (χ1) is 14.8. The molecular formula is C20H21Cl2FN2O4S2. The zero-order valence-corrected chi connectivity index (χ0v) is 19.6. The molecule has 1 aliphatic rings. The summed E-state index contributed by atoms with van der Waals surface area (Å²) < 4.78 is 45.9. The van der Waals surface area contributed by atoms with E-state index in [1.807, 2.05) is 0 Å². The highest BCUT2D eigenvalue weighted by Crippen LogP contribution is 2.25. The van der Waals surface area contributed by atoms with Gasteiger partial charge in [-0.3, -0.25) is 4.79 Å². The van der Waals surface area contributed by atoms with Gasteiger partial charge in [0.15, 0.2) is 0 Å². The zero-order valence-electron chi connectivity index (χ0n) is 16.4. The first kappa shape index (κ1) is 24.3. The first-order valence-electron chi connectivity index (χ1n) is 9.47. The van der Waals surface area contributed by atoms with Crippen molar-refractivity contribution in [3.63, 3.8) is 0 Å². The molecule has 2 aromatic rings. The largest absolute Gasteiger partial charge is 0.379 e. The van der Waals surface area contributed by atoms with Crippen molar-refractivity contribution in [2.45, 2.75) is 10.6 Å². The van der Waals surface area contributed by atoms with Crippen LogP contribution in [0.2, 0.25) is 10.0 Å². The van der Waals surface area contributed by atoms with Crippen molar-refractivity contribution in [3.8, 4) is 0 Å². The lowest BCUT2D eigenvalue weighted by Gasteiger charge is -2.26. The van der Waals surface area contributed by atoms with Crippen LogP contribution in [-0.2, 0) is 20.5 Å². The number of amides is 1. The van der Waals surface area contributed by atoms with Crippen molar-refractivity contribution in [2.24, 2.45) is 0 Å². The van der Waals surface area contributed by atoms with Crippen LogP contribution in [0.4, 0.5) is 4.39 Å². The molecule has 1 fully saturated rings. The maximum atomic E-state index is 13.8. The van der Waals surface area contributed by atoms with Gasteiger partial charge < -0.3 is 10.1 Å². The van der Waals surface area contributed by atoms with E-state index in [0.717, 1.165) is 0 Å². The molecule has 0 bridgehead atoms. The van der Waals surface area contributed by atoms with E-state index in [0.29, 0.717) is 41.9 Å². The van der Waals surface area contributed by atoms with Crippen LogP contribution in [-0.4, -0.2) is 57.2 Å². The van der Waals surface area contributed by atoms with Gasteiger partial charge in [0.1, 0.15) is 5.82 Å². The van der Waals surface area contributed by atoms with Gasteiger partial charge in [0.2, 0.25) is 10.0 Å². The molecule has 1 N–H and O–H groups in total. The molecule has 3 rings (SSSR count). The molecule has 0 atom stereocenters. The van der Waals surface area contributed by atoms with Gasteiger partial charge in [-0.05, 0) is 30.3 Å². The predicted octanol–water partition coefficient (Wildman–Crippen LogP) is 3.82.